The predicted molar refractivity (Wildman–Crippen MR) is 99.0 cm³/mol. The number of hydrogen-bond acceptors (Lipinski definition) is 6. The van der Waals surface area contributed by atoms with Crippen LogP contribution in [0.15, 0.2) is 54.2 Å². The van der Waals surface area contributed by atoms with Crippen LogP contribution in [0.2, 0.25) is 0 Å². The Morgan fingerprint density at radius 1 is 1.07 bits per heavy atom. The maximum absolute atomic E-state index is 12.5. The molecule has 144 valence electrons. The molecule has 0 aromatic heterocycles. The summed E-state index contributed by atoms with van der Waals surface area (Å²) in [5.41, 5.74) is 0.286. The van der Waals surface area contributed by atoms with E-state index in [2.05, 4.69) is 5.32 Å². The number of amides is 2. The Kier molecular flexibility index (Phi) is 4.94. The fourth-order valence-electron chi connectivity index (χ4n) is 3.04. The van der Waals surface area contributed by atoms with Crippen molar-refractivity contribution in [3.63, 3.8) is 0 Å². The second-order valence-corrected chi connectivity index (χ2v) is 6.01. The molecule has 1 aliphatic heterocycles. The van der Waals surface area contributed by atoms with Crippen molar-refractivity contribution in [3.8, 4) is 5.75 Å². The summed E-state index contributed by atoms with van der Waals surface area (Å²) in [5.74, 6) is 0.560. The monoisotopic (exact) mass is 384 g/mol. The SMILES string of the molecule is COc1ccc(C2=C([N+](=O)[O-])C(c3cccc([N+](=O)[O-])c3)NC(=O)N2C)cc1. The van der Waals surface area contributed by atoms with Crippen LogP contribution in [-0.4, -0.2) is 34.9 Å². The number of nitro benzene ring substituents is 1. The van der Waals surface area contributed by atoms with Gasteiger partial charge in [0.2, 0.25) is 0 Å². The molecule has 0 spiro atoms. The number of hydrogen-bond donors (Lipinski definition) is 1. The number of urea groups is 1. The Labute approximate surface area is 159 Å². The van der Waals surface area contributed by atoms with Crippen molar-refractivity contribution in [2.24, 2.45) is 0 Å². The Morgan fingerprint density at radius 2 is 1.75 bits per heavy atom. The standard InChI is InChI=1S/C18H16N4O6/c1-20-16(11-6-8-14(28-2)9-7-11)17(22(26)27)15(19-18(20)23)12-4-3-5-13(10-12)21(24)25/h3-10,15H,1-2H3,(H,19,23). The minimum Gasteiger partial charge on any atom is -0.497 e. The van der Waals surface area contributed by atoms with Gasteiger partial charge in [0, 0.05) is 24.7 Å². The molecule has 1 unspecified atom stereocenters. The first kappa shape index (κ1) is 18.8. The van der Waals surface area contributed by atoms with Gasteiger partial charge in [-0.05, 0) is 29.8 Å². The van der Waals surface area contributed by atoms with Crippen molar-refractivity contribution < 1.29 is 19.4 Å². The highest BCUT2D eigenvalue weighted by atomic mass is 16.6. The fraction of sp³-hybridized carbons (Fsp3) is 0.167. The molecule has 0 bridgehead atoms. The van der Waals surface area contributed by atoms with Crippen molar-refractivity contribution in [3.05, 3.63) is 85.6 Å². The molecule has 1 N–H and O–H groups in total. The van der Waals surface area contributed by atoms with E-state index in [9.17, 15) is 25.0 Å². The molecule has 0 aliphatic carbocycles. The predicted octanol–water partition coefficient (Wildman–Crippen LogP) is 2.95. The Balaban J connectivity index is 2.20. The van der Waals surface area contributed by atoms with Gasteiger partial charge in [0.1, 0.15) is 17.5 Å². The molecule has 1 atom stereocenters. The third-order valence-electron chi connectivity index (χ3n) is 4.40. The van der Waals surface area contributed by atoms with Crippen LogP contribution in [0.1, 0.15) is 17.2 Å². The van der Waals surface area contributed by atoms with Gasteiger partial charge in [-0.2, -0.15) is 0 Å². The second-order valence-electron chi connectivity index (χ2n) is 6.01. The highest BCUT2D eigenvalue weighted by molar-refractivity contribution is 5.89. The van der Waals surface area contributed by atoms with E-state index in [1.54, 1.807) is 24.3 Å². The summed E-state index contributed by atoms with van der Waals surface area (Å²) >= 11 is 0. The average Bonchev–Trinajstić information content (AvgIpc) is 2.69. The van der Waals surface area contributed by atoms with Crippen molar-refractivity contribution in [1.29, 1.82) is 0 Å². The summed E-state index contributed by atoms with van der Waals surface area (Å²) < 4.78 is 5.10. The van der Waals surface area contributed by atoms with Gasteiger partial charge < -0.3 is 10.1 Å². The summed E-state index contributed by atoms with van der Waals surface area (Å²) in [6.45, 7) is 0. The molecule has 0 radical (unpaired) electrons. The lowest BCUT2D eigenvalue weighted by molar-refractivity contribution is -0.431. The van der Waals surface area contributed by atoms with E-state index in [1.165, 1.54) is 38.4 Å². The van der Waals surface area contributed by atoms with E-state index in [1.807, 2.05) is 0 Å². The number of benzene rings is 2. The molecule has 0 saturated carbocycles. The van der Waals surface area contributed by atoms with Crippen LogP contribution in [0.25, 0.3) is 5.70 Å². The molecule has 2 aromatic rings. The number of nitro groups is 2. The zero-order chi connectivity index (χ0) is 20.4. The molecule has 28 heavy (non-hydrogen) atoms. The molecule has 10 nitrogen and oxygen atoms in total. The molecular formula is C18H16N4O6. The van der Waals surface area contributed by atoms with E-state index in [-0.39, 0.29) is 22.6 Å². The van der Waals surface area contributed by atoms with E-state index in [0.717, 1.165) is 4.90 Å². The fourth-order valence-corrected chi connectivity index (χ4v) is 3.04. The lowest BCUT2D eigenvalue weighted by atomic mass is 9.97. The molecule has 1 aliphatic rings. The van der Waals surface area contributed by atoms with E-state index in [4.69, 9.17) is 4.74 Å². The number of carbonyl (C=O) groups is 1. The maximum atomic E-state index is 12.5. The number of nitrogens with zero attached hydrogens (tertiary/aromatic N) is 3. The number of ether oxygens (including phenoxy) is 1. The quantitative estimate of drug-likeness (QED) is 0.623. The summed E-state index contributed by atoms with van der Waals surface area (Å²) in [6.07, 6.45) is 0. The Bertz CT molecular complexity index is 986. The summed E-state index contributed by atoms with van der Waals surface area (Å²) in [4.78, 5) is 35.4. The van der Waals surface area contributed by atoms with E-state index < -0.39 is 21.9 Å². The van der Waals surface area contributed by atoms with Gasteiger partial charge in [0.25, 0.3) is 11.4 Å². The normalized spacial score (nSPS) is 16.6. The minimum atomic E-state index is -1.14. The lowest BCUT2D eigenvalue weighted by Crippen LogP contribution is -2.45. The highest BCUT2D eigenvalue weighted by Crippen LogP contribution is 2.36. The highest BCUT2D eigenvalue weighted by Gasteiger charge is 2.41. The van der Waals surface area contributed by atoms with E-state index >= 15 is 0 Å². The Hall–Kier alpha value is -3.95. The molecule has 0 saturated heterocycles. The minimum absolute atomic E-state index is 0.105. The van der Waals surface area contributed by atoms with Crippen LogP contribution >= 0.6 is 0 Å². The number of rotatable bonds is 5. The van der Waals surface area contributed by atoms with Gasteiger partial charge in [-0.3, -0.25) is 25.1 Å². The maximum Gasteiger partial charge on any atom is 0.322 e. The first-order valence-electron chi connectivity index (χ1n) is 8.15. The van der Waals surface area contributed by atoms with Crippen molar-refractivity contribution in [2.45, 2.75) is 6.04 Å². The summed E-state index contributed by atoms with van der Waals surface area (Å²) in [7, 11) is 2.91. The average molecular weight is 384 g/mol. The van der Waals surface area contributed by atoms with Gasteiger partial charge in [-0.1, -0.05) is 12.1 Å². The first-order valence-corrected chi connectivity index (χ1v) is 8.15. The molecule has 2 aromatic carbocycles. The largest absolute Gasteiger partial charge is 0.497 e. The van der Waals surface area contributed by atoms with Crippen LogP contribution in [0, 0.1) is 20.2 Å². The van der Waals surface area contributed by atoms with Crippen LogP contribution < -0.4 is 10.1 Å². The number of non-ortho nitro benzene ring substituents is 1. The van der Waals surface area contributed by atoms with Gasteiger partial charge in [0.15, 0.2) is 0 Å². The summed E-state index contributed by atoms with van der Waals surface area (Å²) in [5, 5.41) is 25.5. The van der Waals surface area contributed by atoms with Crippen LogP contribution in [0.5, 0.6) is 5.75 Å². The topological polar surface area (TPSA) is 128 Å². The molecule has 10 heteroatoms. The number of nitrogens with one attached hydrogen (secondary N) is 1. The van der Waals surface area contributed by atoms with Crippen molar-refractivity contribution in [1.82, 2.24) is 10.2 Å². The van der Waals surface area contributed by atoms with Crippen LogP contribution in [-0.2, 0) is 0 Å². The number of carbonyl (C=O) groups excluding carboxylic acids is 1. The van der Waals surface area contributed by atoms with Crippen molar-refractivity contribution >= 4 is 17.4 Å². The van der Waals surface area contributed by atoms with Crippen molar-refractivity contribution in [2.75, 3.05) is 14.2 Å². The van der Waals surface area contributed by atoms with Gasteiger partial charge in [0.05, 0.1) is 17.0 Å². The van der Waals surface area contributed by atoms with Gasteiger partial charge in [-0.15, -0.1) is 0 Å². The third kappa shape index (κ3) is 3.34. The van der Waals surface area contributed by atoms with Gasteiger partial charge >= 0.3 is 6.03 Å². The number of methoxy groups -OCH3 is 1. The first-order chi connectivity index (χ1) is 13.3. The molecule has 2 amide bonds. The Morgan fingerprint density at radius 3 is 2.32 bits per heavy atom. The summed E-state index contributed by atoms with van der Waals surface area (Å²) in [6, 6.07) is 10.2. The van der Waals surface area contributed by atoms with Crippen LogP contribution in [0.3, 0.4) is 0 Å². The zero-order valence-corrected chi connectivity index (χ0v) is 15.0. The zero-order valence-electron chi connectivity index (χ0n) is 15.0. The molecular weight excluding hydrogens is 368 g/mol. The molecule has 1 heterocycles. The second kappa shape index (κ2) is 7.35. The van der Waals surface area contributed by atoms with Crippen LogP contribution in [0.4, 0.5) is 10.5 Å². The lowest BCUT2D eigenvalue weighted by Gasteiger charge is -2.31. The van der Waals surface area contributed by atoms with Gasteiger partial charge in [-0.25, -0.2) is 4.79 Å². The molecule has 0 fully saturated rings. The smallest absolute Gasteiger partial charge is 0.322 e. The van der Waals surface area contributed by atoms with E-state index in [0.29, 0.717) is 11.3 Å². The third-order valence-corrected chi connectivity index (χ3v) is 4.40. The molecule has 3 rings (SSSR count).